The van der Waals surface area contributed by atoms with Crippen LogP contribution in [0.25, 0.3) is 0 Å². The summed E-state index contributed by atoms with van der Waals surface area (Å²) in [5, 5.41) is 8.47. The van der Waals surface area contributed by atoms with E-state index in [0.717, 1.165) is 0 Å². The largest absolute Gasteiger partial charge is 0.481 e. The van der Waals surface area contributed by atoms with Gasteiger partial charge < -0.3 is 10.0 Å². The Bertz CT molecular complexity index is 319. The van der Waals surface area contributed by atoms with E-state index in [2.05, 4.69) is 0 Å². The van der Waals surface area contributed by atoms with Gasteiger partial charge in [-0.25, -0.2) is 8.78 Å². The quantitative estimate of drug-likeness (QED) is 0.782. The van der Waals surface area contributed by atoms with Gasteiger partial charge in [-0.05, 0) is 13.8 Å². The third-order valence-corrected chi connectivity index (χ3v) is 2.99. The number of hydrogen-bond acceptors (Lipinski definition) is 2. The van der Waals surface area contributed by atoms with Crippen LogP contribution in [0.5, 0.6) is 0 Å². The predicted molar refractivity (Wildman–Crippen MR) is 52.2 cm³/mol. The fourth-order valence-electron chi connectivity index (χ4n) is 1.61. The number of amides is 1. The zero-order valence-corrected chi connectivity index (χ0v) is 9.30. The van der Waals surface area contributed by atoms with E-state index >= 15 is 0 Å². The van der Waals surface area contributed by atoms with Crippen molar-refractivity contribution in [2.24, 2.45) is 5.41 Å². The maximum atomic E-state index is 13.0. The predicted octanol–water partition coefficient (Wildman–Crippen LogP) is 1.35. The molecule has 1 amide bonds. The molecule has 16 heavy (non-hydrogen) atoms. The summed E-state index contributed by atoms with van der Waals surface area (Å²) in [6.07, 6.45) is -0.663. The Balaban J connectivity index is 2.61. The molecule has 1 atom stereocenters. The minimum Gasteiger partial charge on any atom is -0.481 e. The van der Waals surface area contributed by atoms with E-state index in [0.29, 0.717) is 0 Å². The molecule has 0 radical (unpaired) electrons. The minimum atomic E-state index is -2.94. The van der Waals surface area contributed by atoms with Crippen molar-refractivity contribution in [1.82, 2.24) is 4.90 Å². The molecular weight excluding hydrogens is 220 g/mol. The topological polar surface area (TPSA) is 57.6 Å². The lowest BCUT2D eigenvalue weighted by molar-refractivity contribution is -0.142. The molecule has 1 aliphatic carbocycles. The number of carboxylic acids is 1. The molecule has 0 aromatic heterocycles. The van der Waals surface area contributed by atoms with E-state index in [1.54, 1.807) is 6.92 Å². The molecule has 0 aromatic carbocycles. The highest BCUT2D eigenvalue weighted by molar-refractivity contribution is 5.87. The number of carbonyl (C=O) groups excluding carboxylic acids is 1. The monoisotopic (exact) mass is 235 g/mol. The van der Waals surface area contributed by atoms with Gasteiger partial charge in [0, 0.05) is 19.5 Å². The summed E-state index contributed by atoms with van der Waals surface area (Å²) in [5.74, 6) is -4.64. The van der Waals surface area contributed by atoms with Crippen LogP contribution in [0, 0.1) is 5.41 Å². The van der Waals surface area contributed by atoms with Gasteiger partial charge >= 0.3 is 5.97 Å². The molecule has 0 aromatic rings. The summed E-state index contributed by atoms with van der Waals surface area (Å²) in [6.45, 7) is 3.09. The van der Waals surface area contributed by atoms with Crippen LogP contribution in [0.3, 0.4) is 0 Å². The van der Waals surface area contributed by atoms with Crippen LogP contribution >= 0.6 is 0 Å². The van der Waals surface area contributed by atoms with Gasteiger partial charge in [0.15, 0.2) is 0 Å². The summed E-state index contributed by atoms with van der Waals surface area (Å²) in [6, 6.07) is 0. The Morgan fingerprint density at radius 3 is 2.25 bits per heavy atom. The standard InChI is InChI=1S/C10H15F2NO3/c1-3-13(5-4-7(14)15)8(16)9(2)6-10(9,11)12/h3-6H2,1-2H3,(H,14,15)/t9-/m1/s1. The Morgan fingerprint density at radius 1 is 1.44 bits per heavy atom. The Hall–Kier alpha value is -1.20. The number of carboxylic acid groups (broad SMARTS) is 1. The second-order valence-electron chi connectivity index (χ2n) is 4.24. The van der Waals surface area contributed by atoms with Gasteiger partial charge in [-0.15, -0.1) is 0 Å². The molecule has 0 spiro atoms. The molecule has 1 saturated carbocycles. The molecule has 0 heterocycles. The maximum Gasteiger partial charge on any atom is 0.305 e. The van der Waals surface area contributed by atoms with Crippen LogP contribution in [-0.2, 0) is 9.59 Å². The number of nitrogens with zero attached hydrogens (tertiary/aromatic N) is 1. The number of hydrogen-bond donors (Lipinski definition) is 1. The third-order valence-electron chi connectivity index (χ3n) is 2.99. The lowest BCUT2D eigenvalue weighted by Crippen LogP contribution is -2.39. The average molecular weight is 235 g/mol. The van der Waals surface area contributed by atoms with Gasteiger partial charge in [0.25, 0.3) is 5.92 Å². The first-order valence-electron chi connectivity index (χ1n) is 5.13. The zero-order valence-electron chi connectivity index (χ0n) is 9.30. The first-order valence-corrected chi connectivity index (χ1v) is 5.13. The first-order chi connectivity index (χ1) is 7.24. The van der Waals surface area contributed by atoms with Crippen molar-refractivity contribution >= 4 is 11.9 Å². The molecule has 1 aliphatic rings. The molecule has 92 valence electrons. The molecule has 1 fully saturated rings. The Kier molecular flexibility index (Phi) is 3.21. The van der Waals surface area contributed by atoms with Crippen LogP contribution in [0.2, 0.25) is 0 Å². The number of halogens is 2. The highest BCUT2D eigenvalue weighted by atomic mass is 19.3. The molecule has 1 N–H and O–H groups in total. The summed E-state index contributed by atoms with van der Waals surface area (Å²) < 4.78 is 25.9. The highest BCUT2D eigenvalue weighted by Gasteiger charge is 2.73. The van der Waals surface area contributed by atoms with Gasteiger partial charge in [0.1, 0.15) is 5.41 Å². The first kappa shape index (κ1) is 12.9. The van der Waals surface area contributed by atoms with E-state index in [9.17, 15) is 18.4 Å². The van der Waals surface area contributed by atoms with Crippen molar-refractivity contribution in [1.29, 1.82) is 0 Å². The molecule has 0 bridgehead atoms. The molecule has 6 heteroatoms. The molecule has 0 saturated heterocycles. The number of alkyl halides is 2. The normalized spacial score (nSPS) is 26.2. The van der Waals surface area contributed by atoms with E-state index in [-0.39, 0.29) is 19.5 Å². The van der Waals surface area contributed by atoms with Crippen LogP contribution < -0.4 is 0 Å². The van der Waals surface area contributed by atoms with Crippen LogP contribution in [0.15, 0.2) is 0 Å². The summed E-state index contributed by atoms with van der Waals surface area (Å²) in [7, 11) is 0. The Morgan fingerprint density at radius 2 is 1.94 bits per heavy atom. The van der Waals surface area contributed by atoms with Crippen molar-refractivity contribution in [2.45, 2.75) is 32.6 Å². The van der Waals surface area contributed by atoms with Gasteiger partial charge in [-0.2, -0.15) is 0 Å². The van der Waals surface area contributed by atoms with E-state index in [1.807, 2.05) is 0 Å². The van der Waals surface area contributed by atoms with Crippen LogP contribution in [0.4, 0.5) is 8.78 Å². The fourth-order valence-corrected chi connectivity index (χ4v) is 1.61. The van der Waals surface area contributed by atoms with Gasteiger partial charge in [0.05, 0.1) is 6.42 Å². The van der Waals surface area contributed by atoms with Gasteiger partial charge in [0.2, 0.25) is 5.91 Å². The van der Waals surface area contributed by atoms with Crippen molar-refractivity contribution < 1.29 is 23.5 Å². The second kappa shape index (κ2) is 3.99. The lowest BCUT2D eigenvalue weighted by atomic mass is 10.1. The second-order valence-corrected chi connectivity index (χ2v) is 4.24. The fraction of sp³-hybridized carbons (Fsp3) is 0.800. The molecule has 4 nitrogen and oxygen atoms in total. The van der Waals surface area contributed by atoms with Crippen molar-refractivity contribution in [3.63, 3.8) is 0 Å². The SMILES string of the molecule is CCN(CCC(=O)O)C(=O)[C@@]1(C)CC1(F)F. The van der Waals surface area contributed by atoms with Crippen molar-refractivity contribution in [3.05, 3.63) is 0 Å². The maximum absolute atomic E-state index is 13.0. The highest BCUT2D eigenvalue weighted by Crippen LogP contribution is 2.61. The van der Waals surface area contributed by atoms with Crippen LogP contribution in [-0.4, -0.2) is 40.9 Å². The lowest BCUT2D eigenvalue weighted by Gasteiger charge is -2.23. The smallest absolute Gasteiger partial charge is 0.305 e. The van der Waals surface area contributed by atoms with E-state index < -0.39 is 29.6 Å². The van der Waals surface area contributed by atoms with E-state index in [1.165, 1.54) is 11.8 Å². The van der Waals surface area contributed by atoms with Crippen molar-refractivity contribution in [3.8, 4) is 0 Å². The Labute approximate surface area is 92.2 Å². The number of carbonyl (C=O) groups is 2. The van der Waals surface area contributed by atoms with Gasteiger partial charge in [-0.1, -0.05) is 0 Å². The van der Waals surface area contributed by atoms with Crippen molar-refractivity contribution in [2.75, 3.05) is 13.1 Å². The minimum absolute atomic E-state index is 0.0175. The number of aliphatic carboxylic acids is 1. The third kappa shape index (κ3) is 2.15. The number of rotatable bonds is 5. The molecule has 0 unspecified atom stereocenters. The summed E-state index contributed by atoms with van der Waals surface area (Å²) in [4.78, 5) is 23.3. The summed E-state index contributed by atoms with van der Waals surface area (Å²) >= 11 is 0. The summed E-state index contributed by atoms with van der Waals surface area (Å²) in [5.41, 5.74) is -1.62. The molecule has 1 rings (SSSR count). The van der Waals surface area contributed by atoms with Crippen LogP contribution in [0.1, 0.15) is 26.7 Å². The zero-order chi connectivity index (χ0) is 12.6. The van der Waals surface area contributed by atoms with Gasteiger partial charge in [-0.3, -0.25) is 9.59 Å². The average Bonchev–Trinajstić information content (AvgIpc) is 2.67. The van der Waals surface area contributed by atoms with E-state index in [4.69, 9.17) is 5.11 Å². The molecular formula is C10H15F2NO3. The molecule has 0 aliphatic heterocycles.